The number of nitriles is 1. The number of fused-ring (bicyclic) bond motifs is 2. The predicted octanol–water partition coefficient (Wildman–Crippen LogP) is 2.45. The van der Waals surface area contributed by atoms with Crippen molar-refractivity contribution in [3.8, 4) is 17.3 Å². The Kier molecular flexibility index (Phi) is 5.03. The van der Waals surface area contributed by atoms with Gasteiger partial charge in [-0.15, -0.1) is 0 Å². The highest BCUT2D eigenvalue weighted by atomic mass is 32.2. The molecular weight excluding hydrogens is 471 g/mol. The Morgan fingerprint density at radius 3 is 3.00 bits per heavy atom. The van der Waals surface area contributed by atoms with E-state index in [9.17, 15) is 18.1 Å². The maximum Gasteiger partial charge on any atom is 0.180 e. The second-order valence-electron chi connectivity index (χ2n) is 8.88. The van der Waals surface area contributed by atoms with Crippen LogP contribution in [0.5, 0.6) is 0 Å². The summed E-state index contributed by atoms with van der Waals surface area (Å²) in [5, 5.41) is 15.1. The van der Waals surface area contributed by atoms with Crippen LogP contribution in [-0.4, -0.2) is 63.7 Å². The summed E-state index contributed by atoms with van der Waals surface area (Å²) >= 11 is 0. The van der Waals surface area contributed by atoms with Crippen LogP contribution in [0.1, 0.15) is 23.6 Å². The van der Waals surface area contributed by atoms with Gasteiger partial charge in [0.25, 0.3) is 0 Å². The predicted molar refractivity (Wildman–Crippen MR) is 125 cm³/mol. The van der Waals surface area contributed by atoms with Gasteiger partial charge in [0.05, 0.1) is 28.6 Å². The smallest absolute Gasteiger partial charge is 0.180 e. The van der Waals surface area contributed by atoms with Crippen molar-refractivity contribution in [2.45, 2.75) is 23.8 Å². The summed E-state index contributed by atoms with van der Waals surface area (Å²) in [4.78, 5) is 18.1. The normalized spacial score (nSPS) is 19.7. The van der Waals surface area contributed by atoms with Crippen molar-refractivity contribution in [2.75, 3.05) is 30.4 Å². The fourth-order valence-corrected chi connectivity index (χ4v) is 6.89. The highest BCUT2D eigenvalue weighted by molar-refractivity contribution is 7.91. The molecular formula is C23H21FN8O2S. The molecule has 2 atom stereocenters. The molecule has 4 aromatic rings. The lowest BCUT2D eigenvalue weighted by Gasteiger charge is -2.23. The third-order valence-corrected chi connectivity index (χ3v) is 8.77. The first-order valence-corrected chi connectivity index (χ1v) is 12.9. The van der Waals surface area contributed by atoms with Crippen LogP contribution in [0.2, 0.25) is 0 Å². The zero-order valence-electron chi connectivity index (χ0n) is 18.6. The second-order valence-corrected chi connectivity index (χ2v) is 10.9. The van der Waals surface area contributed by atoms with Crippen LogP contribution >= 0.6 is 0 Å². The molecule has 0 aromatic carbocycles. The summed E-state index contributed by atoms with van der Waals surface area (Å²) in [6.45, 7) is 0.381. The second kappa shape index (κ2) is 8.13. The third-order valence-electron chi connectivity index (χ3n) is 6.94. The number of hydrogen-bond donors (Lipinski definition) is 1. The van der Waals surface area contributed by atoms with Crippen LogP contribution < -0.4 is 4.90 Å². The lowest BCUT2D eigenvalue weighted by molar-refractivity contribution is 0.257. The first kappa shape index (κ1) is 21.7. The number of aromatic amines is 1. The first-order chi connectivity index (χ1) is 17.0. The van der Waals surface area contributed by atoms with Crippen molar-refractivity contribution in [2.24, 2.45) is 5.92 Å². The summed E-state index contributed by atoms with van der Waals surface area (Å²) in [6, 6.07) is 3.44. The third kappa shape index (κ3) is 3.46. The van der Waals surface area contributed by atoms with Crippen molar-refractivity contribution >= 4 is 26.7 Å². The van der Waals surface area contributed by atoms with Gasteiger partial charge in [0.15, 0.2) is 9.84 Å². The van der Waals surface area contributed by atoms with Gasteiger partial charge in [-0.2, -0.15) is 10.4 Å². The van der Waals surface area contributed by atoms with Crippen molar-refractivity contribution < 1.29 is 12.8 Å². The average Bonchev–Trinajstić information content (AvgIpc) is 3.66. The molecule has 1 N–H and O–H groups in total. The van der Waals surface area contributed by atoms with Gasteiger partial charge in [0.1, 0.15) is 36.1 Å². The van der Waals surface area contributed by atoms with E-state index in [0.29, 0.717) is 43.0 Å². The molecule has 4 aromatic heterocycles. The molecule has 2 unspecified atom stereocenters. The molecule has 0 saturated carbocycles. The van der Waals surface area contributed by atoms with Gasteiger partial charge < -0.3 is 9.88 Å². The molecule has 10 nitrogen and oxygen atoms in total. The SMILES string of the molecule is N#Cc1c(N2CCC(C(CF)n3cc(-c4ncnc5[nH]ccc45)cn3)C2)ncc2c1S(=O)(=O)CC2. The van der Waals surface area contributed by atoms with E-state index in [0.717, 1.165) is 16.6 Å². The number of hydrogen-bond acceptors (Lipinski definition) is 8. The molecule has 0 aliphatic carbocycles. The van der Waals surface area contributed by atoms with Gasteiger partial charge in [-0.25, -0.2) is 27.8 Å². The number of nitrogens with one attached hydrogen (secondary N) is 1. The standard InChI is InChI=1S/C23H21FN8O2S/c24-7-19(32-12-16(10-30-32)20-17-1-4-26-22(17)29-13-28-20)15-2-5-31(11-15)23-18(8-25)21-14(9-27-23)3-6-35(21,33)34/h1,4,9-10,12-13,15,19H,2-3,5-7,11H2,(H,26,28,29). The number of sulfone groups is 1. The first-order valence-electron chi connectivity index (χ1n) is 11.3. The quantitative estimate of drug-likeness (QED) is 0.449. The highest BCUT2D eigenvalue weighted by Crippen LogP contribution is 2.37. The van der Waals surface area contributed by atoms with Gasteiger partial charge in [-0.05, 0) is 24.5 Å². The van der Waals surface area contributed by atoms with Gasteiger partial charge in [0, 0.05) is 48.5 Å². The van der Waals surface area contributed by atoms with Crippen LogP contribution in [0, 0.1) is 17.2 Å². The van der Waals surface area contributed by atoms with Gasteiger partial charge in [-0.3, -0.25) is 4.68 Å². The number of aryl methyl sites for hydroxylation is 1. The van der Waals surface area contributed by atoms with Crippen LogP contribution in [0.15, 0.2) is 42.1 Å². The van der Waals surface area contributed by atoms with Crippen molar-refractivity contribution in [1.82, 2.24) is 29.7 Å². The summed E-state index contributed by atoms with van der Waals surface area (Å²) in [5.74, 6) is 0.259. The molecule has 0 radical (unpaired) electrons. The largest absolute Gasteiger partial charge is 0.355 e. The van der Waals surface area contributed by atoms with E-state index in [-0.39, 0.29) is 22.1 Å². The summed E-state index contributed by atoms with van der Waals surface area (Å²) in [7, 11) is -3.49. The zero-order valence-corrected chi connectivity index (χ0v) is 19.4. The number of alkyl halides is 1. The summed E-state index contributed by atoms with van der Waals surface area (Å²) in [5.41, 5.74) is 2.89. The molecule has 6 rings (SSSR count). The molecule has 1 fully saturated rings. The van der Waals surface area contributed by atoms with E-state index in [1.165, 1.54) is 6.33 Å². The molecule has 0 spiro atoms. The van der Waals surface area contributed by atoms with E-state index < -0.39 is 22.6 Å². The Bertz CT molecular complexity index is 1590. The number of nitrogens with zero attached hydrogens (tertiary/aromatic N) is 7. The number of rotatable bonds is 5. The summed E-state index contributed by atoms with van der Waals surface area (Å²) < 4.78 is 41.0. The molecule has 178 valence electrons. The molecule has 2 aliphatic rings. The van der Waals surface area contributed by atoms with Crippen LogP contribution in [-0.2, 0) is 16.3 Å². The number of pyridine rings is 1. The molecule has 35 heavy (non-hydrogen) atoms. The maximum absolute atomic E-state index is 14.3. The van der Waals surface area contributed by atoms with Crippen LogP contribution in [0.4, 0.5) is 10.2 Å². The van der Waals surface area contributed by atoms with Crippen molar-refractivity contribution in [3.05, 3.63) is 48.3 Å². The van der Waals surface area contributed by atoms with Gasteiger partial charge in [-0.1, -0.05) is 0 Å². The Balaban J connectivity index is 1.28. The van der Waals surface area contributed by atoms with Gasteiger partial charge >= 0.3 is 0 Å². The van der Waals surface area contributed by atoms with E-state index in [4.69, 9.17) is 0 Å². The minimum absolute atomic E-state index is 0.00226. The van der Waals surface area contributed by atoms with Gasteiger partial charge in [0.2, 0.25) is 0 Å². The monoisotopic (exact) mass is 492 g/mol. The number of H-pyrrole nitrogens is 1. The molecule has 1 saturated heterocycles. The van der Waals surface area contributed by atoms with Crippen molar-refractivity contribution in [1.29, 1.82) is 5.26 Å². The summed E-state index contributed by atoms with van der Waals surface area (Å²) in [6.07, 6.45) is 9.32. The van der Waals surface area contributed by atoms with Crippen LogP contribution in [0.3, 0.4) is 0 Å². The highest BCUT2D eigenvalue weighted by Gasteiger charge is 2.37. The minimum Gasteiger partial charge on any atom is -0.355 e. The Morgan fingerprint density at radius 1 is 1.29 bits per heavy atom. The van der Waals surface area contributed by atoms with E-state index in [1.54, 1.807) is 29.5 Å². The number of halogens is 1. The molecule has 12 heteroatoms. The fraction of sp³-hybridized carbons (Fsp3) is 0.348. The topological polar surface area (TPSA) is 133 Å². The molecule has 6 heterocycles. The minimum atomic E-state index is -3.49. The Hall–Kier alpha value is -3.85. The van der Waals surface area contributed by atoms with E-state index >= 15 is 0 Å². The lowest BCUT2D eigenvalue weighted by atomic mass is 10.00. The number of aromatic nitrogens is 6. The van der Waals surface area contributed by atoms with E-state index in [2.05, 4.69) is 31.1 Å². The Morgan fingerprint density at radius 2 is 2.17 bits per heavy atom. The number of anilines is 1. The maximum atomic E-state index is 14.3. The fourth-order valence-electron chi connectivity index (χ4n) is 5.20. The average molecular weight is 493 g/mol. The van der Waals surface area contributed by atoms with Crippen LogP contribution in [0.25, 0.3) is 22.3 Å². The Labute approximate surface area is 200 Å². The zero-order chi connectivity index (χ0) is 24.2. The molecule has 0 bridgehead atoms. The van der Waals surface area contributed by atoms with Crippen molar-refractivity contribution in [3.63, 3.8) is 0 Å². The molecule has 0 amide bonds. The lowest BCUT2D eigenvalue weighted by Crippen LogP contribution is -2.27. The molecule has 2 aliphatic heterocycles. The van der Waals surface area contributed by atoms with E-state index in [1.807, 2.05) is 11.0 Å².